The molecule has 108 valence electrons. The number of nitrogens with zero attached hydrogens (tertiary/aromatic N) is 4. The molecule has 3 aromatic rings. The summed E-state index contributed by atoms with van der Waals surface area (Å²) in [5, 5.41) is 1.06. The molecule has 0 atom stereocenters. The average Bonchev–Trinajstić information content (AvgIpc) is 2.78. The van der Waals surface area contributed by atoms with Crippen molar-refractivity contribution < 1.29 is 0 Å². The molecule has 0 fully saturated rings. The lowest BCUT2D eigenvalue weighted by Crippen LogP contribution is -2.01. The van der Waals surface area contributed by atoms with E-state index in [-0.39, 0.29) is 0 Å². The van der Waals surface area contributed by atoms with E-state index in [2.05, 4.69) is 26.4 Å². The highest BCUT2D eigenvalue weighted by Crippen LogP contribution is 2.26. The molecule has 0 aliphatic rings. The molecule has 0 saturated heterocycles. The SMILES string of the molecule is CCCn1c(C)nc2c(Cl)nc(-c3ccc(Cl)cc3)nc21. The first-order valence-corrected chi connectivity index (χ1v) is 7.52. The zero-order chi connectivity index (χ0) is 15.0. The number of benzene rings is 1. The monoisotopic (exact) mass is 320 g/mol. The van der Waals surface area contributed by atoms with Crippen molar-refractivity contribution in [3.8, 4) is 11.4 Å². The molecule has 1 aromatic carbocycles. The third-order valence-corrected chi connectivity index (χ3v) is 3.81. The van der Waals surface area contributed by atoms with Crippen LogP contribution in [0, 0.1) is 6.92 Å². The Morgan fingerprint density at radius 2 is 1.76 bits per heavy atom. The Hall–Kier alpha value is -1.65. The maximum absolute atomic E-state index is 6.28. The molecule has 0 amide bonds. The quantitative estimate of drug-likeness (QED) is 0.666. The summed E-state index contributed by atoms with van der Waals surface area (Å²) in [5.74, 6) is 1.48. The van der Waals surface area contributed by atoms with Gasteiger partial charge >= 0.3 is 0 Å². The number of halogens is 2. The van der Waals surface area contributed by atoms with Crippen LogP contribution >= 0.6 is 23.2 Å². The van der Waals surface area contributed by atoms with Crippen LogP contribution in [0.4, 0.5) is 0 Å². The standard InChI is InChI=1S/C15H14Cl2N4/c1-3-8-21-9(2)18-12-13(17)19-14(20-15(12)21)10-4-6-11(16)7-5-10/h4-7H,3,8H2,1-2H3. The van der Waals surface area contributed by atoms with Gasteiger partial charge in [-0.15, -0.1) is 0 Å². The molecular formula is C15H14Cl2N4. The minimum atomic E-state index is 0.378. The molecule has 0 bridgehead atoms. The van der Waals surface area contributed by atoms with Crippen molar-refractivity contribution in [2.45, 2.75) is 26.8 Å². The maximum Gasteiger partial charge on any atom is 0.165 e. The van der Waals surface area contributed by atoms with E-state index >= 15 is 0 Å². The van der Waals surface area contributed by atoms with Gasteiger partial charge in [0.15, 0.2) is 16.6 Å². The second-order valence-electron chi connectivity index (χ2n) is 4.83. The highest BCUT2D eigenvalue weighted by Gasteiger charge is 2.15. The average molecular weight is 321 g/mol. The molecule has 0 aliphatic carbocycles. The third kappa shape index (κ3) is 2.61. The number of fused-ring (bicyclic) bond motifs is 1. The minimum absolute atomic E-state index is 0.378. The summed E-state index contributed by atoms with van der Waals surface area (Å²) in [5.41, 5.74) is 2.31. The van der Waals surface area contributed by atoms with E-state index in [9.17, 15) is 0 Å². The van der Waals surface area contributed by atoms with Gasteiger partial charge in [0.1, 0.15) is 11.3 Å². The van der Waals surface area contributed by atoms with Gasteiger partial charge in [0.05, 0.1) is 0 Å². The van der Waals surface area contributed by atoms with Crippen LogP contribution in [-0.4, -0.2) is 19.5 Å². The first-order valence-electron chi connectivity index (χ1n) is 6.76. The Labute approximate surface area is 132 Å². The highest BCUT2D eigenvalue weighted by atomic mass is 35.5. The predicted octanol–water partition coefficient (Wildman–Crippen LogP) is 4.52. The summed E-state index contributed by atoms with van der Waals surface area (Å²) in [6.07, 6.45) is 1.00. The van der Waals surface area contributed by atoms with Crippen molar-refractivity contribution in [2.75, 3.05) is 0 Å². The largest absolute Gasteiger partial charge is 0.313 e. The molecule has 0 unspecified atom stereocenters. The molecule has 0 N–H and O–H groups in total. The Bertz CT molecular complexity index is 794. The Morgan fingerprint density at radius 3 is 2.43 bits per heavy atom. The van der Waals surface area contributed by atoms with Gasteiger partial charge in [-0.3, -0.25) is 0 Å². The Balaban J connectivity index is 2.21. The number of hydrogen-bond acceptors (Lipinski definition) is 3. The summed E-state index contributed by atoms with van der Waals surface area (Å²) < 4.78 is 2.07. The van der Waals surface area contributed by atoms with Crippen LogP contribution in [0.5, 0.6) is 0 Å². The molecule has 2 aromatic heterocycles. The summed E-state index contributed by atoms with van der Waals surface area (Å²) in [6.45, 7) is 4.93. The molecule has 0 saturated carbocycles. The van der Waals surface area contributed by atoms with E-state index < -0.39 is 0 Å². The third-order valence-electron chi connectivity index (χ3n) is 3.29. The fourth-order valence-electron chi connectivity index (χ4n) is 2.30. The number of aryl methyl sites for hydroxylation is 2. The smallest absolute Gasteiger partial charge is 0.165 e. The van der Waals surface area contributed by atoms with E-state index in [4.69, 9.17) is 23.2 Å². The van der Waals surface area contributed by atoms with E-state index in [0.29, 0.717) is 21.5 Å². The van der Waals surface area contributed by atoms with E-state index in [0.717, 1.165) is 30.0 Å². The summed E-state index contributed by atoms with van der Waals surface area (Å²) in [4.78, 5) is 13.5. The van der Waals surface area contributed by atoms with Crippen LogP contribution in [0.3, 0.4) is 0 Å². The van der Waals surface area contributed by atoms with Gasteiger partial charge in [0.2, 0.25) is 0 Å². The van der Waals surface area contributed by atoms with Gasteiger partial charge in [0, 0.05) is 17.1 Å². The molecule has 0 spiro atoms. The van der Waals surface area contributed by atoms with Crippen molar-refractivity contribution in [1.82, 2.24) is 19.5 Å². The lowest BCUT2D eigenvalue weighted by molar-refractivity contribution is 0.670. The van der Waals surface area contributed by atoms with E-state index in [1.165, 1.54) is 0 Å². The summed E-state index contributed by atoms with van der Waals surface area (Å²) in [7, 11) is 0. The number of hydrogen-bond donors (Lipinski definition) is 0. The van der Waals surface area contributed by atoms with Gasteiger partial charge in [-0.1, -0.05) is 30.1 Å². The van der Waals surface area contributed by atoms with Gasteiger partial charge in [-0.05, 0) is 37.6 Å². The summed E-state index contributed by atoms with van der Waals surface area (Å²) in [6, 6.07) is 7.39. The maximum atomic E-state index is 6.28. The molecule has 0 radical (unpaired) electrons. The number of rotatable bonds is 3. The topological polar surface area (TPSA) is 43.6 Å². The van der Waals surface area contributed by atoms with Crippen LogP contribution in [0.2, 0.25) is 10.2 Å². The number of aromatic nitrogens is 4. The first-order chi connectivity index (χ1) is 10.1. The van der Waals surface area contributed by atoms with Crippen LogP contribution in [-0.2, 0) is 6.54 Å². The zero-order valence-electron chi connectivity index (χ0n) is 11.8. The van der Waals surface area contributed by atoms with Crippen LogP contribution in [0.25, 0.3) is 22.6 Å². The van der Waals surface area contributed by atoms with Gasteiger partial charge in [-0.2, -0.15) is 0 Å². The fourth-order valence-corrected chi connectivity index (χ4v) is 2.63. The van der Waals surface area contributed by atoms with Crippen molar-refractivity contribution in [1.29, 1.82) is 0 Å². The van der Waals surface area contributed by atoms with Crippen molar-refractivity contribution in [2.24, 2.45) is 0 Å². The lowest BCUT2D eigenvalue weighted by Gasteiger charge is -2.05. The van der Waals surface area contributed by atoms with Gasteiger partial charge in [0.25, 0.3) is 0 Å². The van der Waals surface area contributed by atoms with Gasteiger partial charge in [-0.25, -0.2) is 15.0 Å². The van der Waals surface area contributed by atoms with Crippen LogP contribution in [0.1, 0.15) is 19.2 Å². The Kier molecular flexibility index (Phi) is 3.83. The van der Waals surface area contributed by atoms with Gasteiger partial charge < -0.3 is 4.57 Å². The normalized spacial score (nSPS) is 11.2. The van der Waals surface area contributed by atoms with Crippen molar-refractivity contribution >= 4 is 34.4 Å². The zero-order valence-corrected chi connectivity index (χ0v) is 13.3. The molecule has 3 rings (SSSR count). The minimum Gasteiger partial charge on any atom is -0.313 e. The lowest BCUT2D eigenvalue weighted by atomic mass is 10.2. The van der Waals surface area contributed by atoms with Crippen molar-refractivity contribution in [3.63, 3.8) is 0 Å². The molecule has 4 nitrogen and oxygen atoms in total. The molecular weight excluding hydrogens is 307 g/mol. The van der Waals surface area contributed by atoms with E-state index in [1.54, 1.807) is 0 Å². The second-order valence-corrected chi connectivity index (χ2v) is 5.62. The fraction of sp³-hybridized carbons (Fsp3) is 0.267. The predicted molar refractivity (Wildman–Crippen MR) is 85.8 cm³/mol. The van der Waals surface area contributed by atoms with Crippen molar-refractivity contribution in [3.05, 3.63) is 40.3 Å². The summed E-state index contributed by atoms with van der Waals surface area (Å²) >= 11 is 12.2. The molecule has 2 heterocycles. The highest BCUT2D eigenvalue weighted by molar-refractivity contribution is 6.33. The van der Waals surface area contributed by atoms with Crippen LogP contribution in [0.15, 0.2) is 24.3 Å². The molecule has 21 heavy (non-hydrogen) atoms. The second kappa shape index (κ2) is 5.62. The Morgan fingerprint density at radius 1 is 1.05 bits per heavy atom. The molecule has 0 aliphatic heterocycles. The number of imidazole rings is 1. The first kappa shape index (κ1) is 14.3. The van der Waals surface area contributed by atoms with E-state index in [1.807, 2.05) is 31.2 Å². The van der Waals surface area contributed by atoms with Crippen LogP contribution < -0.4 is 0 Å². The molecule has 6 heteroatoms.